The molecule has 2 atom stereocenters. The summed E-state index contributed by atoms with van der Waals surface area (Å²) in [5.74, 6) is 2.10. The van der Waals surface area contributed by atoms with E-state index < -0.39 is 0 Å². The fraction of sp³-hybridized carbons (Fsp3) is 0.474. The maximum Gasteiger partial charge on any atom is 0.226 e. The van der Waals surface area contributed by atoms with E-state index in [0.29, 0.717) is 18.1 Å². The molecule has 1 amide bonds. The van der Waals surface area contributed by atoms with Crippen molar-refractivity contribution in [3.63, 3.8) is 0 Å². The number of ether oxygens (including phenoxy) is 2. The first-order chi connectivity index (χ1) is 12.2. The summed E-state index contributed by atoms with van der Waals surface area (Å²) < 4.78 is 16.8. The maximum atomic E-state index is 12.3. The fourth-order valence-corrected chi connectivity index (χ4v) is 3.14. The number of hydrogen-bond donors (Lipinski definition) is 1. The van der Waals surface area contributed by atoms with E-state index in [-0.39, 0.29) is 24.5 Å². The molecule has 2 aromatic rings. The molecular formula is C19H24N2O4. The van der Waals surface area contributed by atoms with Gasteiger partial charge >= 0.3 is 0 Å². The smallest absolute Gasteiger partial charge is 0.226 e. The fourth-order valence-electron chi connectivity index (χ4n) is 3.14. The predicted molar refractivity (Wildman–Crippen MR) is 92.8 cm³/mol. The first-order valence-corrected chi connectivity index (χ1v) is 8.75. The molecule has 6 heteroatoms. The number of carbonyl (C=O) groups excluding carboxylic acids is 1. The van der Waals surface area contributed by atoms with Crippen molar-refractivity contribution in [2.24, 2.45) is 0 Å². The molecule has 1 aromatic heterocycles. The van der Waals surface area contributed by atoms with Gasteiger partial charge in [-0.05, 0) is 45.2 Å². The minimum absolute atomic E-state index is 0.00446. The Kier molecular flexibility index (Phi) is 5.58. The van der Waals surface area contributed by atoms with Gasteiger partial charge in [-0.1, -0.05) is 17.3 Å². The van der Waals surface area contributed by atoms with Gasteiger partial charge in [0.25, 0.3) is 0 Å². The van der Waals surface area contributed by atoms with Gasteiger partial charge < -0.3 is 19.3 Å². The number of amides is 1. The van der Waals surface area contributed by atoms with Crippen LogP contribution in [0.5, 0.6) is 11.5 Å². The van der Waals surface area contributed by atoms with Gasteiger partial charge in [0.2, 0.25) is 5.91 Å². The molecule has 0 saturated heterocycles. The number of para-hydroxylation sites is 2. The zero-order valence-electron chi connectivity index (χ0n) is 14.7. The Morgan fingerprint density at radius 2 is 2.12 bits per heavy atom. The van der Waals surface area contributed by atoms with Crippen LogP contribution in [0.3, 0.4) is 0 Å². The molecule has 134 valence electrons. The molecule has 6 nitrogen and oxygen atoms in total. The third-order valence-electron chi connectivity index (χ3n) is 4.24. The van der Waals surface area contributed by atoms with Crippen molar-refractivity contribution in [3.8, 4) is 11.5 Å². The van der Waals surface area contributed by atoms with E-state index in [9.17, 15) is 4.79 Å². The van der Waals surface area contributed by atoms with Crippen LogP contribution in [0.4, 0.5) is 0 Å². The van der Waals surface area contributed by atoms with E-state index in [1.807, 2.05) is 38.1 Å². The van der Waals surface area contributed by atoms with Crippen molar-refractivity contribution in [1.82, 2.24) is 10.5 Å². The van der Waals surface area contributed by atoms with Gasteiger partial charge in [-0.15, -0.1) is 0 Å². The van der Waals surface area contributed by atoms with Crippen molar-refractivity contribution >= 4 is 5.91 Å². The highest BCUT2D eigenvalue weighted by Gasteiger charge is 2.31. The van der Waals surface area contributed by atoms with Crippen molar-refractivity contribution in [1.29, 1.82) is 0 Å². The summed E-state index contributed by atoms with van der Waals surface area (Å²) in [6.07, 6.45) is 3.01. The highest BCUT2D eigenvalue weighted by atomic mass is 16.5. The van der Waals surface area contributed by atoms with Gasteiger partial charge in [-0.25, -0.2) is 0 Å². The lowest BCUT2D eigenvalue weighted by atomic mass is 10.2. The lowest BCUT2D eigenvalue weighted by Gasteiger charge is -2.23. The van der Waals surface area contributed by atoms with Gasteiger partial charge in [0.15, 0.2) is 11.5 Å². The zero-order chi connectivity index (χ0) is 17.6. The number of aryl methyl sites for hydroxylation is 1. The van der Waals surface area contributed by atoms with Gasteiger partial charge in [0, 0.05) is 6.07 Å². The van der Waals surface area contributed by atoms with Gasteiger partial charge in [-0.3, -0.25) is 4.79 Å². The lowest BCUT2D eigenvalue weighted by molar-refractivity contribution is -0.121. The molecule has 0 unspecified atom stereocenters. The van der Waals surface area contributed by atoms with Crippen LogP contribution in [0, 0.1) is 6.92 Å². The first kappa shape index (κ1) is 17.3. The summed E-state index contributed by atoms with van der Waals surface area (Å²) >= 11 is 0. The van der Waals surface area contributed by atoms with Gasteiger partial charge in [0.1, 0.15) is 11.9 Å². The van der Waals surface area contributed by atoms with Crippen molar-refractivity contribution in [2.45, 2.75) is 51.7 Å². The highest BCUT2D eigenvalue weighted by Crippen LogP contribution is 2.31. The molecule has 1 heterocycles. The van der Waals surface area contributed by atoms with Crippen molar-refractivity contribution < 1.29 is 18.8 Å². The molecule has 1 aliphatic rings. The Morgan fingerprint density at radius 1 is 1.32 bits per heavy atom. The number of hydrogen-bond acceptors (Lipinski definition) is 5. The van der Waals surface area contributed by atoms with Crippen LogP contribution in [0.15, 0.2) is 34.9 Å². The summed E-state index contributed by atoms with van der Waals surface area (Å²) in [6.45, 7) is 4.34. The number of nitrogens with one attached hydrogen (secondary N) is 1. The van der Waals surface area contributed by atoms with E-state index in [1.54, 1.807) is 6.07 Å². The van der Waals surface area contributed by atoms with E-state index in [4.69, 9.17) is 14.0 Å². The van der Waals surface area contributed by atoms with Crippen LogP contribution in [0.2, 0.25) is 0 Å². The van der Waals surface area contributed by atoms with Crippen LogP contribution in [0.1, 0.15) is 37.6 Å². The van der Waals surface area contributed by atoms with Gasteiger partial charge in [-0.2, -0.15) is 0 Å². The summed E-state index contributed by atoms with van der Waals surface area (Å²) in [5.41, 5.74) is 0.646. The Bertz CT molecular complexity index is 713. The normalized spacial score (nSPS) is 19.6. The standard InChI is InChI=1S/C19H24N2O4/c1-3-23-17-8-4-5-9-18(17)24-16-10-6-7-15(16)20-19(22)12-14-11-13(2)25-21-14/h4-5,8-9,11,15-16H,3,6-7,10,12H2,1-2H3,(H,20,22)/t15-,16-/m0/s1. The summed E-state index contributed by atoms with van der Waals surface area (Å²) in [4.78, 5) is 12.3. The predicted octanol–water partition coefficient (Wildman–Crippen LogP) is 3.04. The molecular weight excluding hydrogens is 320 g/mol. The monoisotopic (exact) mass is 344 g/mol. The molecule has 1 N–H and O–H groups in total. The second-order valence-corrected chi connectivity index (χ2v) is 6.25. The molecule has 1 saturated carbocycles. The Labute approximate surface area is 147 Å². The van der Waals surface area contributed by atoms with Crippen LogP contribution in [0.25, 0.3) is 0 Å². The summed E-state index contributed by atoms with van der Waals surface area (Å²) in [7, 11) is 0. The molecule has 1 fully saturated rings. The maximum absolute atomic E-state index is 12.3. The second kappa shape index (κ2) is 8.05. The Morgan fingerprint density at radius 3 is 2.84 bits per heavy atom. The minimum atomic E-state index is -0.0631. The lowest BCUT2D eigenvalue weighted by Crippen LogP contribution is -2.43. The topological polar surface area (TPSA) is 73.6 Å². The van der Waals surface area contributed by atoms with Crippen LogP contribution in [-0.4, -0.2) is 29.8 Å². The van der Waals surface area contributed by atoms with Crippen LogP contribution >= 0.6 is 0 Å². The van der Waals surface area contributed by atoms with Crippen LogP contribution in [-0.2, 0) is 11.2 Å². The number of carbonyl (C=O) groups is 1. The highest BCUT2D eigenvalue weighted by molar-refractivity contribution is 5.78. The molecule has 0 radical (unpaired) electrons. The Hall–Kier alpha value is -2.50. The second-order valence-electron chi connectivity index (χ2n) is 6.25. The quantitative estimate of drug-likeness (QED) is 0.836. The van der Waals surface area contributed by atoms with E-state index in [2.05, 4.69) is 10.5 Å². The molecule has 0 bridgehead atoms. The number of rotatable bonds is 7. The van der Waals surface area contributed by atoms with Gasteiger partial charge in [0.05, 0.1) is 24.8 Å². The summed E-state index contributed by atoms with van der Waals surface area (Å²) in [5, 5.41) is 6.94. The SMILES string of the molecule is CCOc1ccccc1O[C@H]1CCC[C@@H]1NC(=O)Cc1cc(C)on1. The van der Waals surface area contributed by atoms with E-state index in [0.717, 1.165) is 30.8 Å². The number of aromatic nitrogens is 1. The van der Waals surface area contributed by atoms with E-state index in [1.165, 1.54) is 0 Å². The third kappa shape index (κ3) is 4.53. The Balaban J connectivity index is 1.60. The zero-order valence-corrected chi connectivity index (χ0v) is 14.7. The third-order valence-corrected chi connectivity index (χ3v) is 4.24. The average molecular weight is 344 g/mol. The van der Waals surface area contributed by atoms with Crippen LogP contribution < -0.4 is 14.8 Å². The molecule has 0 spiro atoms. The molecule has 25 heavy (non-hydrogen) atoms. The first-order valence-electron chi connectivity index (χ1n) is 8.75. The molecule has 1 aromatic carbocycles. The molecule has 1 aliphatic carbocycles. The van der Waals surface area contributed by atoms with E-state index >= 15 is 0 Å². The molecule has 3 rings (SSSR count). The van der Waals surface area contributed by atoms with Crippen molar-refractivity contribution in [2.75, 3.05) is 6.61 Å². The molecule has 0 aliphatic heterocycles. The largest absolute Gasteiger partial charge is 0.490 e. The summed E-state index contributed by atoms with van der Waals surface area (Å²) in [6, 6.07) is 9.42. The minimum Gasteiger partial charge on any atom is -0.490 e. The average Bonchev–Trinajstić information content (AvgIpc) is 3.19. The number of nitrogens with zero attached hydrogens (tertiary/aromatic N) is 1. The number of benzene rings is 1. The van der Waals surface area contributed by atoms with Crippen molar-refractivity contribution in [3.05, 3.63) is 41.8 Å².